The second-order valence-corrected chi connectivity index (χ2v) is 5.53. The van der Waals surface area contributed by atoms with Crippen LogP contribution in [0.25, 0.3) is 11.3 Å². The van der Waals surface area contributed by atoms with Gasteiger partial charge in [0.2, 0.25) is 0 Å². The summed E-state index contributed by atoms with van der Waals surface area (Å²) in [6.45, 7) is 0. The van der Waals surface area contributed by atoms with Crippen LogP contribution in [-0.4, -0.2) is 21.8 Å². The van der Waals surface area contributed by atoms with Crippen LogP contribution in [0, 0.1) is 0 Å². The molecule has 0 fully saturated rings. The molecule has 0 unspecified atom stereocenters. The average Bonchev–Trinajstić information content (AvgIpc) is 3.06. The van der Waals surface area contributed by atoms with Crippen molar-refractivity contribution >= 4 is 28.8 Å². The highest BCUT2D eigenvalue weighted by molar-refractivity contribution is 7.12. The van der Waals surface area contributed by atoms with Gasteiger partial charge in [0.1, 0.15) is 0 Å². The smallest absolute Gasteiger partial charge is 0.277 e. The first-order chi connectivity index (χ1) is 11.1. The largest absolute Gasteiger partial charge is 0.364 e. The fraction of sp³-hybridized carbons (Fsp3) is 0. The van der Waals surface area contributed by atoms with Crippen LogP contribution in [0.5, 0.6) is 0 Å². The average molecular weight is 324 g/mol. The second kappa shape index (κ2) is 6.37. The summed E-state index contributed by atoms with van der Waals surface area (Å²) in [5.74, 6) is -0.769. The van der Waals surface area contributed by atoms with Crippen molar-refractivity contribution in [2.45, 2.75) is 0 Å². The molecule has 7 heteroatoms. The lowest BCUT2D eigenvalue weighted by molar-refractivity contribution is 0.0997. The Morgan fingerprint density at radius 1 is 1.13 bits per heavy atom. The molecule has 0 saturated carbocycles. The lowest BCUT2D eigenvalue weighted by atomic mass is 10.1. The molecular formula is C16H12N4O2S. The number of nitrogens with zero attached hydrogens (tertiary/aromatic N) is 2. The number of anilines is 1. The molecular weight excluding hydrogens is 312 g/mol. The molecule has 114 valence electrons. The number of hydrogen-bond donors (Lipinski definition) is 2. The Kier molecular flexibility index (Phi) is 4.11. The fourth-order valence-electron chi connectivity index (χ4n) is 1.95. The van der Waals surface area contributed by atoms with Gasteiger partial charge in [0, 0.05) is 22.7 Å². The number of thiazole rings is 1. The highest BCUT2D eigenvalue weighted by Gasteiger charge is 2.10. The minimum absolute atomic E-state index is 0.222. The van der Waals surface area contributed by atoms with Gasteiger partial charge in [0.15, 0.2) is 5.01 Å². The third-order valence-electron chi connectivity index (χ3n) is 3.08. The standard InChI is InChI=1S/C16H12N4O2S/c17-14(21)16-20-13(9-23-16)10-3-5-11(6-4-10)15(22)19-12-2-1-7-18-8-12/h1-9H,(H2,17,21)(H,19,22). The fourth-order valence-corrected chi connectivity index (χ4v) is 2.63. The van der Waals surface area contributed by atoms with Crippen molar-refractivity contribution in [3.05, 3.63) is 64.7 Å². The lowest BCUT2D eigenvalue weighted by Gasteiger charge is -2.05. The van der Waals surface area contributed by atoms with E-state index >= 15 is 0 Å². The first-order valence-electron chi connectivity index (χ1n) is 6.70. The van der Waals surface area contributed by atoms with Gasteiger partial charge in [-0.15, -0.1) is 11.3 Å². The maximum atomic E-state index is 12.1. The molecule has 1 aromatic carbocycles. The van der Waals surface area contributed by atoms with Gasteiger partial charge < -0.3 is 11.1 Å². The molecule has 6 nitrogen and oxygen atoms in total. The molecule has 23 heavy (non-hydrogen) atoms. The Hall–Kier alpha value is -3.06. The van der Waals surface area contributed by atoms with Gasteiger partial charge >= 0.3 is 0 Å². The molecule has 0 saturated heterocycles. The van der Waals surface area contributed by atoms with Crippen LogP contribution in [0.4, 0.5) is 5.69 Å². The predicted octanol–water partition coefficient (Wildman–Crippen LogP) is 2.56. The van der Waals surface area contributed by atoms with Crippen LogP contribution >= 0.6 is 11.3 Å². The summed E-state index contributed by atoms with van der Waals surface area (Å²) in [4.78, 5) is 31.3. The van der Waals surface area contributed by atoms with Gasteiger partial charge in [-0.05, 0) is 24.3 Å². The van der Waals surface area contributed by atoms with Crippen molar-refractivity contribution in [3.8, 4) is 11.3 Å². The summed E-state index contributed by atoms with van der Waals surface area (Å²) in [7, 11) is 0. The van der Waals surface area contributed by atoms with Crippen LogP contribution in [0.15, 0.2) is 54.2 Å². The van der Waals surface area contributed by atoms with Gasteiger partial charge in [-0.1, -0.05) is 12.1 Å². The molecule has 2 amide bonds. The van der Waals surface area contributed by atoms with Crippen LogP contribution in [0.1, 0.15) is 20.2 Å². The van der Waals surface area contributed by atoms with Crippen LogP contribution < -0.4 is 11.1 Å². The van der Waals surface area contributed by atoms with Gasteiger partial charge in [-0.3, -0.25) is 14.6 Å². The first-order valence-corrected chi connectivity index (χ1v) is 7.58. The van der Waals surface area contributed by atoms with Crippen molar-refractivity contribution in [1.29, 1.82) is 0 Å². The van der Waals surface area contributed by atoms with E-state index in [1.165, 1.54) is 11.3 Å². The highest BCUT2D eigenvalue weighted by Crippen LogP contribution is 2.22. The van der Waals surface area contributed by atoms with E-state index in [0.29, 0.717) is 16.9 Å². The Morgan fingerprint density at radius 3 is 2.52 bits per heavy atom. The third-order valence-corrected chi connectivity index (χ3v) is 3.93. The van der Waals surface area contributed by atoms with E-state index in [2.05, 4.69) is 15.3 Å². The number of benzene rings is 1. The topological polar surface area (TPSA) is 98.0 Å². The zero-order chi connectivity index (χ0) is 16.2. The molecule has 0 radical (unpaired) electrons. The molecule has 0 atom stereocenters. The van der Waals surface area contributed by atoms with Crippen LogP contribution in [-0.2, 0) is 0 Å². The zero-order valence-electron chi connectivity index (χ0n) is 11.9. The molecule has 3 rings (SSSR count). The summed E-state index contributed by atoms with van der Waals surface area (Å²) in [6, 6.07) is 10.5. The number of hydrogen-bond acceptors (Lipinski definition) is 5. The summed E-state index contributed by atoms with van der Waals surface area (Å²) >= 11 is 1.19. The maximum absolute atomic E-state index is 12.1. The number of carbonyl (C=O) groups excluding carboxylic acids is 2. The summed E-state index contributed by atoms with van der Waals surface area (Å²) < 4.78 is 0. The Balaban J connectivity index is 1.76. The molecule has 3 aromatic rings. The molecule has 0 aliphatic heterocycles. The maximum Gasteiger partial charge on any atom is 0.277 e. The lowest BCUT2D eigenvalue weighted by Crippen LogP contribution is -2.11. The van der Waals surface area contributed by atoms with E-state index in [-0.39, 0.29) is 10.9 Å². The molecule has 3 N–H and O–H groups in total. The Morgan fingerprint density at radius 2 is 1.91 bits per heavy atom. The molecule has 0 spiro atoms. The van der Waals surface area contributed by atoms with Crippen molar-refractivity contribution in [1.82, 2.24) is 9.97 Å². The number of amides is 2. The molecule has 0 aliphatic carbocycles. The SMILES string of the molecule is NC(=O)c1nc(-c2ccc(C(=O)Nc3cccnc3)cc2)cs1. The quantitative estimate of drug-likeness (QED) is 0.770. The van der Waals surface area contributed by atoms with Crippen LogP contribution in [0.2, 0.25) is 0 Å². The molecule has 2 heterocycles. The Labute approximate surface area is 136 Å². The van der Waals surface area contributed by atoms with E-state index in [1.54, 1.807) is 54.2 Å². The summed E-state index contributed by atoms with van der Waals surface area (Å²) in [6.07, 6.45) is 3.21. The minimum Gasteiger partial charge on any atom is -0.364 e. The van der Waals surface area contributed by atoms with Gasteiger partial charge in [0.25, 0.3) is 11.8 Å². The highest BCUT2D eigenvalue weighted by atomic mass is 32.1. The monoisotopic (exact) mass is 324 g/mol. The number of carbonyl (C=O) groups is 2. The van der Waals surface area contributed by atoms with Crippen molar-refractivity contribution in [3.63, 3.8) is 0 Å². The number of nitrogens with two attached hydrogens (primary N) is 1. The second-order valence-electron chi connectivity index (χ2n) is 4.68. The third kappa shape index (κ3) is 3.41. The number of primary amides is 1. The molecule has 0 aliphatic rings. The van der Waals surface area contributed by atoms with Gasteiger partial charge in [-0.2, -0.15) is 0 Å². The molecule has 0 bridgehead atoms. The number of rotatable bonds is 4. The van der Waals surface area contributed by atoms with E-state index in [1.807, 2.05) is 0 Å². The summed E-state index contributed by atoms with van der Waals surface area (Å²) in [5, 5.41) is 4.78. The predicted molar refractivity (Wildman–Crippen MR) is 88.3 cm³/mol. The van der Waals surface area contributed by atoms with Crippen molar-refractivity contribution in [2.75, 3.05) is 5.32 Å². The normalized spacial score (nSPS) is 10.3. The van der Waals surface area contributed by atoms with E-state index in [0.717, 1.165) is 5.56 Å². The van der Waals surface area contributed by atoms with E-state index < -0.39 is 5.91 Å². The number of nitrogens with one attached hydrogen (secondary N) is 1. The zero-order valence-corrected chi connectivity index (χ0v) is 12.7. The minimum atomic E-state index is -0.547. The summed E-state index contributed by atoms with van der Waals surface area (Å²) in [5.41, 5.74) is 7.81. The van der Waals surface area contributed by atoms with Crippen LogP contribution in [0.3, 0.4) is 0 Å². The first kappa shape index (κ1) is 14.9. The van der Waals surface area contributed by atoms with E-state index in [4.69, 9.17) is 5.73 Å². The molecule has 2 aromatic heterocycles. The number of pyridine rings is 1. The van der Waals surface area contributed by atoms with Crippen molar-refractivity contribution < 1.29 is 9.59 Å². The Bertz CT molecular complexity index is 844. The van der Waals surface area contributed by atoms with E-state index in [9.17, 15) is 9.59 Å². The van der Waals surface area contributed by atoms with Crippen molar-refractivity contribution in [2.24, 2.45) is 5.73 Å². The van der Waals surface area contributed by atoms with Gasteiger partial charge in [-0.25, -0.2) is 4.98 Å². The number of aromatic nitrogens is 2. The van der Waals surface area contributed by atoms with Gasteiger partial charge in [0.05, 0.1) is 17.6 Å².